The molecule has 45 heavy (non-hydrogen) atoms. The number of amides is 1. The molecule has 0 spiro atoms. The maximum absolute atomic E-state index is 13.6. The standard InChI is InChI=1S/C33H36N10O2/c1-45-14-13-35-33-39-30(40-41-33)32(44)42-23-10-11-24(42)16-22(15-23)28-27(20-7-8-20)29(34)43-31(38-28)25(18-37-43)21-9-12-26(36-17-21)19-5-3-2-4-6-19/h2-6,9,12,17-18,20,22-24H,7-8,10-11,13-16,34H2,1H3,(H2,35,39,40,41)/t22?,23-,24+. The molecular formula is C33H36N10O2. The van der Waals surface area contributed by atoms with Crippen molar-refractivity contribution in [3.63, 3.8) is 0 Å². The molecule has 2 saturated heterocycles. The lowest BCUT2D eigenvalue weighted by atomic mass is 9.85. The topological polar surface area (TPSA) is 152 Å². The number of piperidine rings is 1. The van der Waals surface area contributed by atoms with Gasteiger partial charge in [-0.2, -0.15) is 14.6 Å². The fourth-order valence-corrected chi connectivity index (χ4v) is 7.24. The van der Waals surface area contributed by atoms with E-state index >= 15 is 0 Å². The predicted octanol–water partition coefficient (Wildman–Crippen LogP) is 4.65. The number of pyridine rings is 1. The summed E-state index contributed by atoms with van der Waals surface area (Å²) in [6, 6.07) is 14.5. The summed E-state index contributed by atoms with van der Waals surface area (Å²) >= 11 is 0. The molecule has 4 aromatic heterocycles. The van der Waals surface area contributed by atoms with Gasteiger partial charge in [-0.15, -0.1) is 5.10 Å². The fourth-order valence-electron chi connectivity index (χ4n) is 7.24. The zero-order valence-corrected chi connectivity index (χ0v) is 25.2. The number of carbonyl (C=O) groups is 1. The molecule has 8 rings (SSSR count). The van der Waals surface area contributed by atoms with Gasteiger partial charge in [0.05, 0.1) is 24.2 Å². The number of ether oxygens (including phenoxy) is 1. The van der Waals surface area contributed by atoms with Gasteiger partial charge in [0.2, 0.25) is 11.8 Å². The number of aromatic amines is 1. The second-order valence-corrected chi connectivity index (χ2v) is 12.4. The predicted molar refractivity (Wildman–Crippen MR) is 170 cm³/mol. The van der Waals surface area contributed by atoms with Crippen LogP contribution in [-0.4, -0.2) is 77.9 Å². The number of hydrogen-bond acceptors (Lipinski definition) is 9. The van der Waals surface area contributed by atoms with Crippen molar-refractivity contribution >= 4 is 23.3 Å². The van der Waals surface area contributed by atoms with Gasteiger partial charge in [0.1, 0.15) is 5.82 Å². The minimum Gasteiger partial charge on any atom is -0.383 e. The molecule has 4 N–H and O–H groups in total. The summed E-state index contributed by atoms with van der Waals surface area (Å²) in [4.78, 5) is 30.2. The average Bonchev–Trinajstić information content (AvgIpc) is 3.52. The summed E-state index contributed by atoms with van der Waals surface area (Å²) in [5, 5.41) is 14.8. The molecule has 1 amide bonds. The molecule has 6 heterocycles. The van der Waals surface area contributed by atoms with Crippen molar-refractivity contribution in [1.82, 2.24) is 39.7 Å². The van der Waals surface area contributed by atoms with Crippen molar-refractivity contribution in [2.75, 3.05) is 31.3 Å². The number of fused-ring (bicyclic) bond motifs is 3. The third-order valence-electron chi connectivity index (χ3n) is 9.51. The summed E-state index contributed by atoms with van der Waals surface area (Å²) in [6.45, 7) is 1.09. The molecule has 3 aliphatic rings. The summed E-state index contributed by atoms with van der Waals surface area (Å²) in [7, 11) is 1.64. The van der Waals surface area contributed by atoms with E-state index in [9.17, 15) is 4.79 Å². The Kier molecular flexibility index (Phi) is 6.93. The number of hydrogen-bond donors (Lipinski definition) is 3. The Bertz CT molecular complexity index is 1830. The van der Waals surface area contributed by atoms with Gasteiger partial charge >= 0.3 is 0 Å². The highest BCUT2D eigenvalue weighted by atomic mass is 16.5. The molecule has 0 radical (unpaired) electrons. The monoisotopic (exact) mass is 604 g/mol. The SMILES string of the molecule is COCCNc1n[nH]c(C(=O)N2[C@@H]3CC[C@H]2CC(c2nc4c(-c5ccc(-c6ccccc6)nc5)cnn4c(N)c2C2CC2)C3)n1. The van der Waals surface area contributed by atoms with Crippen LogP contribution in [0.5, 0.6) is 0 Å². The molecule has 1 aliphatic carbocycles. The minimum absolute atomic E-state index is 0.0943. The lowest BCUT2D eigenvalue weighted by Crippen LogP contribution is -2.46. The molecule has 1 unspecified atom stereocenters. The van der Waals surface area contributed by atoms with Crippen LogP contribution in [-0.2, 0) is 4.74 Å². The number of carbonyl (C=O) groups excluding carboxylic acids is 1. The first-order valence-corrected chi connectivity index (χ1v) is 15.8. The summed E-state index contributed by atoms with van der Waals surface area (Å²) in [5.74, 6) is 1.87. The first kappa shape index (κ1) is 27.7. The van der Waals surface area contributed by atoms with Crippen LogP contribution in [0, 0.1) is 0 Å². The number of nitrogens with two attached hydrogens (primary N) is 1. The number of anilines is 2. The van der Waals surface area contributed by atoms with E-state index in [1.165, 1.54) is 0 Å². The number of rotatable bonds is 9. The highest BCUT2D eigenvalue weighted by molar-refractivity contribution is 5.91. The van der Waals surface area contributed by atoms with Crippen LogP contribution in [0.2, 0.25) is 0 Å². The molecule has 3 fully saturated rings. The Morgan fingerprint density at radius 1 is 1.00 bits per heavy atom. The van der Waals surface area contributed by atoms with E-state index in [4.69, 9.17) is 20.4 Å². The van der Waals surface area contributed by atoms with Crippen molar-refractivity contribution in [3.05, 3.63) is 71.9 Å². The van der Waals surface area contributed by atoms with Crippen LogP contribution in [0.15, 0.2) is 54.9 Å². The number of nitrogen functional groups attached to an aromatic ring is 1. The Balaban J connectivity index is 1.08. The lowest BCUT2D eigenvalue weighted by Gasteiger charge is -2.39. The first-order valence-electron chi connectivity index (χ1n) is 15.8. The number of aromatic nitrogens is 7. The second-order valence-electron chi connectivity index (χ2n) is 12.4. The molecule has 3 atom stereocenters. The molecular weight excluding hydrogens is 568 g/mol. The van der Waals surface area contributed by atoms with E-state index in [0.29, 0.717) is 30.8 Å². The van der Waals surface area contributed by atoms with Crippen LogP contribution in [0.25, 0.3) is 28.0 Å². The largest absolute Gasteiger partial charge is 0.383 e. The Morgan fingerprint density at radius 2 is 1.80 bits per heavy atom. The van der Waals surface area contributed by atoms with Gasteiger partial charge in [0.15, 0.2) is 5.65 Å². The maximum Gasteiger partial charge on any atom is 0.291 e. The summed E-state index contributed by atoms with van der Waals surface area (Å²) in [6.07, 6.45) is 9.57. The molecule has 5 aromatic rings. The quantitative estimate of drug-likeness (QED) is 0.204. The molecule has 230 valence electrons. The number of benzene rings is 1. The van der Waals surface area contributed by atoms with E-state index < -0.39 is 0 Å². The van der Waals surface area contributed by atoms with Crippen LogP contribution in [0.3, 0.4) is 0 Å². The van der Waals surface area contributed by atoms with Gasteiger partial charge in [-0.1, -0.05) is 36.4 Å². The Morgan fingerprint density at radius 3 is 2.51 bits per heavy atom. The smallest absolute Gasteiger partial charge is 0.291 e. The number of methoxy groups -OCH3 is 1. The number of nitrogens with zero attached hydrogens (tertiary/aromatic N) is 7. The highest BCUT2D eigenvalue weighted by Gasteiger charge is 2.46. The Labute approximate surface area is 260 Å². The number of nitrogens with one attached hydrogen (secondary N) is 2. The molecule has 2 aliphatic heterocycles. The average molecular weight is 605 g/mol. The fraction of sp³-hybridized carbons (Fsp3) is 0.394. The minimum atomic E-state index is -0.0943. The summed E-state index contributed by atoms with van der Waals surface area (Å²) < 4.78 is 6.87. The Hall–Kier alpha value is -4.84. The number of H-pyrrole nitrogens is 1. The van der Waals surface area contributed by atoms with E-state index in [-0.39, 0.29) is 29.7 Å². The molecule has 2 bridgehead atoms. The van der Waals surface area contributed by atoms with Crippen molar-refractivity contribution in [3.8, 4) is 22.4 Å². The van der Waals surface area contributed by atoms with Crippen molar-refractivity contribution < 1.29 is 9.53 Å². The van der Waals surface area contributed by atoms with Crippen LogP contribution in [0.1, 0.15) is 72.2 Å². The van der Waals surface area contributed by atoms with Gasteiger partial charge in [-0.05, 0) is 50.5 Å². The van der Waals surface area contributed by atoms with Crippen molar-refractivity contribution in [2.24, 2.45) is 0 Å². The van der Waals surface area contributed by atoms with Gasteiger partial charge in [-0.3, -0.25) is 14.9 Å². The van der Waals surface area contributed by atoms with Crippen LogP contribution >= 0.6 is 0 Å². The van der Waals surface area contributed by atoms with E-state index in [2.05, 4.69) is 43.8 Å². The van der Waals surface area contributed by atoms with Gasteiger partial charge < -0.3 is 20.7 Å². The lowest BCUT2D eigenvalue weighted by molar-refractivity contribution is 0.0557. The van der Waals surface area contributed by atoms with E-state index in [1.807, 2.05) is 41.6 Å². The molecule has 1 aromatic carbocycles. The first-order chi connectivity index (χ1) is 22.1. The molecule has 12 heteroatoms. The zero-order chi connectivity index (χ0) is 30.5. The normalized spacial score (nSPS) is 21.0. The third-order valence-corrected chi connectivity index (χ3v) is 9.51. The zero-order valence-electron chi connectivity index (χ0n) is 25.2. The van der Waals surface area contributed by atoms with Gasteiger partial charge in [-0.25, -0.2) is 4.98 Å². The van der Waals surface area contributed by atoms with Crippen LogP contribution in [0.4, 0.5) is 11.8 Å². The summed E-state index contributed by atoms with van der Waals surface area (Å²) in [5.41, 5.74) is 13.7. The maximum atomic E-state index is 13.6. The molecule has 1 saturated carbocycles. The molecule has 12 nitrogen and oxygen atoms in total. The van der Waals surface area contributed by atoms with Crippen molar-refractivity contribution in [1.29, 1.82) is 0 Å². The third kappa shape index (κ3) is 4.98. The van der Waals surface area contributed by atoms with Crippen LogP contribution < -0.4 is 11.1 Å². The van der Waals surface area contributed by atoms with E-state index in [1.54, 1.807) is 11.6 Å². The second kappa shape index (κ2) is 11.3. The van der Waals surface area contributed by atoms with Crippen molar-refractivity contribution in [2.45, 2.75) is 62.4 Å². The van der Waals surface area contributed by atoms with Gasteiger partial charge in [0.25, 0.3) is 5.91 Å². The van der Waals surface area contributed by atoms with Gasteiger partial charge in [0, 0.05) is 60.1 Å². The highest BCUT2D eigenvalue weighted by Crippen LogP contribution is 2.50. The van der Waals surface area contributed by atoms with E-state index in [0.717, 1.165) is 77.8 Å².